The van der Waals surface area contributed by atoms with Crippen molar-refractivity contribution in [3.63, 3.8) is 0 Å². The van der Waals surface area contributed by atoms with Crippen LogP contribution in [0.2, 0.25) is 5.02 Å². The minimum atomic E-state index is -0.582. The Kier molecular flexibility index (Phi) is 6.40. The number of para-hydroxylation sites is 2. The summed E-state index contributed by atoms with van der Waals surface area (Å²) in [5.41, 5.74) is 2.88. The van der Waals surface area contributed by atoms with Gasteiger partial charge in [-0.15, -0.1) is 0 Å². The first-order valence-corrected chi connectivity index (χ1v) is 7.87. The van der Waals surface area contributed by atoms with Crippen LogP contribution in [0.1, 0.15) is 23.7 Å². The maximum Gasteiger partial charge on any atom is 0.292 e. The third-order valence-electron chi connectivity index (χ3n) is 3.23. The third kappa shape index (κ3) is 5.38. The predicted octanol–water partition coefficient (Wildman–Crippen LogP) is 3.38. The molecule has 0 saturated heterocycles. The van der Waals surface area contributed by atoms with Gasteiger partial charge in [0, 0.05) is 22.4 Å². The van der Waals surface area contributed by atoms with Crippen LogP contribution in [0.5, 0.6) is 0 Å². The van der Waals surface area contributed by atoms with Gasteiger partial charge in [-0.3, -0.25) is 19.7 Å². The Balaban J connectivity index is 1.95. The van der Waals surface area contributed by atoms with Crippen molar-refractivity contribution in [1.29, 1.82) is 0 Å². The average molecular weight is 375 g/mol. The number of hydrogen-bond acceptors (Lipinski definition) is 5. The second-order valence-corrected chi connectivity index (χ2v) is 5.73. The van der Waals surface area contributed by atoms with E-state index in [-0.39, 0.29) is 17.8 Å². The largest absolute Gasteiger partial charge is 0.320 e. The molecule has 2 rings (SSSR count). The van der Waals surface area contributed by atoms with E-state index in [0.717, 1.165) is 0 Å². The highest BCUT2D eigenvalue weighted by molar-refractivity contribution is 6.31. The number of nitro benzene ring substituents is 1. The molecule has 0 aromatic heterocycles. The van der Waals surface area contributed by atoms with Crippen molar-refractivity contribution in [2.75, 3.05) is 5.32 Å². The average Bonchev–Trinajstić information content (AvgIpc) is 2.59. The molecule has 8 nitrogen and oxygen atoms in total. The highest BCUT2D eigenvalue weighted by atomic mass is 35.5. The van der Waals surface area contributed by atoms with E-state index in [1.165, 1.54) is 24.3 Å². The molecule has 134 valence electrons. The maximum absolute atomic E-state index is 12.0. The number of halogens is 1. The Bertz CT molecular complexity index is 883. The van der Waals surface area contributed by atoms with Crippen molar-refractivity contribution < 1.29 is 14.5 Å². The molecule has 9 heteroatoms. The van der Waals surface area contributed by atoms with E-state index in [9.17, 15) is 19.7 Å². The minimum Gasteiger partial charge on any atom is -0.320 e. The Morgan fingerprint density at radius 1 is 1.19 bits per heavy atom. The lowest BCUT2D eigenvalue weighted by Crippen LogP contribution is -2.21. The van der Waals surface area contributed by atoms with Crippen molar-refractivity contribution in [3.8, 4) is 0 Å². The summed E-state index contributed by atoms with van der Waals surface area (Å²) in [4.78, 5) is 34.3. The molecule has 2 N–H and O–H groups in total. The fraction of sp³-hybridized carbons (Fsp3) is 0.118. The van der Waals surface area contributed by atoms with Gasteiger partial charge in [0.25, 0.3) is 11.6 Å². The first-order chi connectivity index (χ1) is 12.4. The number of carbonyl (C=O) groups is 2. The van der Waals surface area contributed by atoms with E-state index in [1.807, 2.05) is 0 Å². The number of amides is 2. The summed E-state index contributed by atoms with van der Waals surface area (Å²) in [6.07, 6.45) is -0.137. The Morgan fingerprint density at radius 3 is 2.62 bits per heavy atom. The molecule has 2 aromatic carbocycles. The predicted molar refractivity (Wildman–Crippen MR) is 98.4 cm³/mol. The van der Waals surface area contributed by atoms with Gasteiger partial charge in [0.05, 0.1) is 11.3 Å². The van der Waals surface area contributed by atoms with Crippen molar-refractivity contribution in [2.45, 2.75) is 13.3 Å². The van der Waals surface area contributed by atoms with Crippen LogP contribution in [-0.2, 0) is 4.79 Å². The molecular formula is C17H15ClN4O4. The second kappa shape index (κ2) is 8.72. The van der Waals surface area contributed by atoms with E-state index in [2.05, 4.69) is 15.8 Å². The lowest BCUT2D eigenvalue weighted by atomic mass is 10.2. The molecule has 26 heavy (non-hydrogen) atoms. The summed E-state index contributed by atoms with van der Waals surface area (Å²) in [5, 5.41) is 17.7. The fourth-order valence-electron chi connectivity index (χ4n) is 2.05. The van der Waals surface area contributed by atoms with Gasteiger partial charge in [-0.25, -0.2) is 5.43 Å². The zero-order chi connectivity index (χ0) is 19.1. The summed E-state index contributed by atoms with van der Waals surface area (Å²) < 4.78 is 0. The number of nitrogens with zero attached hydrogens (tertiary/aromatic N) is 2. The Hall–Kier alpha value is -3.26. The van der Waals surface area contributed by atoms with E-state index in [0.29, 0.717) is 16.3 Å². The molecule has 0 aliphatic rings. The zero-order valence-corrected chi connectivity index (χ0v) is 14.5. The Labute approximate surface area is 154 Å². The summed E-state index contributed by atoms with van der Waals surface area (Å²) in [6.45, 7) is 1.55. The Morgan fingerprint density at radius 2 is 1.92 bits per heavy atom. The molecule has 0 heterocycles. The third-order valence-corrected chi connectivity index (χ3v) is 3.46. The van der Waals surface area contributed by atoms with Gasteiger partial charge in [0.2, 0.25) is 5.91 Å². The molecule has 0 saturated carbocycles. The van der Waals surface area contributed by atoms with E-state index in [4.69, 9.17) is 11.6 Å². The summed E-state index contributed by atoms with van der Waals surface area (Å²) in [7, 11) is 0. The van der Waals surface area contributed by atoms with Gasteiger partial charge in [-0.05, 0) is 31.2 Å². The van der Waals surface area contributed by atoms with Crippen LogP contribution in [-0.4, -0.2) is 22.4 Å². The maximum atomic E-state index is 12.0. The molecule has 0 aliphatic heterocycles. The number of hydrogen-bond donors (Lipinski definition) is 2. The second-order valence-electron chi connectivity index (χ2n) is 5.30. The number of nitrogens with one attached hydrogen (secondary N) is 2. The van der Waals surface area contributed by atoms with Crippen LogP contribution in [0.4, 0.5) is 11.4 Å². The lowest BCUT2D eigenvalue weighted by molar-refractivity contribution is -0.383. The van der Waals surface area contributed by atoms with Gasteiger partial charge < -0.3 is 5.32 Å². The zero-order valence-electron chi connectivity index (χ0n) is 13.7. The molecule has 0 radical (unpaired) electrons. The molecular weight excluding hydrogens is 360 g/mol. The van der Waals surface area contributed by atoms with Crippen LogP contribution in [0.3, 0.4) is 0 Å². The van der Waals surface area contributed by atoms with E-state index in [1.54, 1.807) is 31.2 Å². The normalized spacial score (nSPS) is 10.9. The van der Waals surface area contributed by atoms with Crippen molar-refractivity contribution in [1.82, 2.24) is 5.43 Å². The molecule has 0 spiro atoms. The van der Waals surface area contributed by atoms with Crippen LogP contribution >= 0.6 is 11.6 Å². The monoisotopic (exact) mass is 374 g/mol. The summed E-state index contributed by atoms with van der Waals surface area (Å²) >= 11 is 5.82. The van der Waals surface area contributed by atoms with Gasteiger partial charge >= 0.3 is 0 Å². The molecule has 0 aliphatic carbocycles. The van der Waals surface area contributed by atoms with E-state index >= 15 is 0 Å². The molecule has 2 amide bonds. The number of benzene rings is 2. The van der Waals surface area contributed by atoms with Crippen molar-refractivity contribution in [2.24, 2.45) is 5.10 Å². The highest BCUT2D eigenvalue weighted by Crippen LogP contribution is 2.23. The number of nitro groups is 1. The van der Waals surface area contributed by atoms with Crippen LogP contribution in [0, 0.1) is 10.1 Å². The first-order valence-electron chi connectivity index (χ1n) is 7.49. The van der Waals surface area contributed by atoms with Crippen molar-refractivity contribution in [3.05, 3.63) is 69.2 Å². The van der Waals surface area contributed by atoms with Gasteiger partial charge in [0.1, 0.15) is 5.69 Å². The number of rotatable bonds is 6. The molecule has 0 atom stereocenters. The minimum absolute atomic E-state index is 0.0956. The molecule has 0 unspecified atom stereocenters. The smallest absolute Gasteiger partial charge is 0.292 e. The van der Waals surface area contributed by atoms with Crippen LogP contribution in [0.15, 0.2) is 53.6 Å². The molecule has 0 bridgehead atoms. The van der Waals surface area contributed by atoms with Gasteiger partial charge in [0.15, 0.2) is 0 Å². The van der Waals surface area contributed by atoms with Crippen LogP contribution in [0.25, 0.3) is 0 Å². The summed E-state index contributed by atoms with van der Waals surface area (Å²) in [6, 6.07) is 12.1. The van der Waals surface area contributed by atoms with Crippen molar-refractivity contribution >= 4 is 40.5 Å². The lowest BCUT2D eigenvalue weighted by Gasteiger charge is -2.06. The van der Waals surface area contributed by atoms with Gasteiger partial charge in [-0.2, -0.15) is 5.10 Å². The summed E-state index contributed by atoms with van der Waals surface area (Å²) in [5.74, 6) is -0.955. The standard InChI is InChI=1S/C17H15ClN4O4/c1-11(20-21-17(24)12-5-4-6-13(18)10-12)9-16(23)19-14-7-2-3-8-15(14)22(25)26/h2-8,10H,9H2,1H3,(H,19,23)(H,21,24). The first kappa shape index (κ1) is 19.1. The topological polar surface area (TPSA) is 114 Å². The van der Waals surface area contributed by atoms with Gasteiger partial charge in [-0.1, -0.05) is 29.8 Å². The number of carbonyl (C=O) groups excluding carboxylic acids is 2. The molecule has 2 aromatic rings. The fourth-order valence-corrected chi connectivity index (χ4v) is 2.24. The molecule has 0 fully saturated rings. The SMILES string of the molecule is CC(CC(=O)Nc1ccccc1[N+](=O)[O-])=NNC(=O)c1cccc(Cl)c1. The van der Waals surface area contributed by atoms with E-state index < -0.39 is 16.7 Å². The number of anilines is 1. The van der Waals surface area contributed by atoms with Crippen LogP contribution < -0.4 is 10.7 Å². The quantitative estimate of drug-likeness (QED) is 0.458. The highest BCUT2D eigenvalue weighted by Gasteiger charge is 2.15. The number of hydrazone groups is 1.